The van der Waals surface area contributed by atoms with Crippen molar-refractivity contribution in [2.75, 3.05) is 25.0 Å². The summed E-state index contributed by atoms with van der Waals surface area (Å²) in [4.78, 5) is 36.1. The first-order valence-electron chi connectivity index (χ1n) is 8.53. The first-order valence-corrected chi connectivity index (χ1v) is 8.53. The van der Waals surface area contributed by atoms with Crippen LogP contribution < -0.4 is 5.32 Å². The molecule has 1 N–H and O–H groups in total. The number of ether oxygens (including phenoxy) is 1. The van der Waals surface area contributed by atoms with Crippen molar-refractivity contribution in [3.05, 3.63) is 46.2 Å². The van der Waals surface area contributed by atoms with E-state index in [-0.39, 0.29) is 23.1 Å². The average molecular weight is 372 g/mol. The van der Waals surface area contributed by atoms with Gasteiger partial charge in [0.1, 0.15) is 11.6 Å². The minimum atomic E-state index is -0.621. The number of anilines is 1. The molecule has 1 saturated heterocycles. The zero-order chi connectivity index (χ0) is 19.8. The number of rotatable bonds is 6. The van der Waals surface area contributed by atoms with Crippen molar-refractivity contribution in [1.29, 1.82) is 5.26 Å². The topological polar surface area (TPSA) is 126 Å². The van der Waals surface area contributed by atoms with Crippen LogP contribution in [0.5, 0.6) is 0 Å². The number of nitrogens with one attached hydrogen (secondary N) is 1. The van der Waals surface area contributed by atoms with Gasteiger partial charge in [-0.05, 0) is 31.9 Å². The van der Waals surface area contributed by atoms with Crippen molar-refractivity contribution in [1.82, 2.24) is 4.90 Å². The lowest BCUT2D eigenvalue weighted by Gasteiger charge is -2.30. The monoisotopic (exact) mass is 372 g/mol. The Kier molecular flexibility index (Phi) is 6.88. The van der Waals surface area contributed by atoms with Gasteiger partial charge in [0.2, 0.25) is 0 Å². The number of nitro benzene ring substituents is 1. The number of non-ortho nitro benzene ring substituents is 1. The molecule has 1 atom stereocenters. The number of nitrogens with zero attached hydrogens (tertiary/aromatic N) is 3. The molecule has 9 heteroatoms. The molecule has 1 amide bonds. The minimum Gasteiger partial charge on any atom is -0.466 e. The summed E-state index contributed by atoms with van der Waals surface area (Å²) in [6.07, 6.45) is 2.90. The quantitative estimate of drug-likeness (QED) is 0.267. The fourth-order valence-corrected chi connectivity index (χ4v) is 2.76. The standard InChI is InChI=1S/C18H20N4O5/c1-2-27-18(24)13-4-3-9-21(11-13)12-14(10-19)17(23)20-15-5-7-16(8-6-15)22(25)26/h5-8,12-13H,2-4,9,11H2,1H3,(H,20,23)/b14-12-. The molecule has 0 aromatic heterocycles. The lowest BCUT2D eigenvalue weighted by Crippen LogP contribution is -2.37. The second kappa shape index (κ2) is 9.33. The number of piperidine rings is 1. The van der Waals surface area contributed by atoms with E-state index in [1.807, 2.05) is 6.07 Å². The molecular formula is C18H20N4O5. The van der Waals surface area contributed by atoms with Crippen LogP contribution in [0.1, 0.15) is 19.8 Å². The van der Waals surface area contributed by atoms with E-state index >= 15 is 0 Å². The molecule has 1 fully saturated rings. The molecule has 1 unspecified atom stereocenters. The van der Waals surface area contributed by atoms with E-state index in [4.69, 9.17) is 4.74 Å². The normalized spacial score (nSPS) is 17.0. The lowest BCUT2D eigenvalue weighted by molar-refractivity contribution is -0.384. The van der Waals surface area contributed by atoms with Gasteiger partial charge in [0.05, 0.1) is 17.4 Å². The molecule has 1 heterocycles. The fourth-order valence-electron chi connectivity index (χ4n) is 2.76. The predicted molar refractivity (Wildman–Crippen MR) is 96.4 cm³/mol. The van der Waals surface area contributed by atoms with Crippen molar-refractivity contribution in [2.24, 2.45) is 5.92 Å². The largest absolute Gasteiger partial charge is 0.466 e. The van der Waals surface area contributed by atoms with Crippen LogP contribution in [0.3, 0.4) is 0 Å². The van der Waals surface area contributed by atoms with Crippen molar-refractivity contribution in [3.8, 4) is 6.07 Å². The van der Waals surface area contributed by atoms with Crippen LogP contribution in [0, 0.1) is 27.4 Å². The highest BCUT2D eigenvalue weighted by Gasteiger charge is 2.26. The van der Waals surface area contributed by atoms with E-state index < -0.39 is 10.8 Å². The Balaban J connectivity index is 2.03. The molecule has 0 spiro atoms. The summed E-state index contributed by atoms with van der Waals surface area (Å²) in [7, 11) is 0. The molecular weight excluding hydrogens is 352 g/mol. The summed E-state index contributed by atoms with van der Waals surface area (Å²) >= 11 is 0. The van der Waals surface area contributed by atoms with Gasteiger partial charge in [-0.15, -0.1) is 0 Å². The Morgan fingerprint density at radius 2 is 2.15 bits per heavy atom. The van der Waals surface area contributed by atoms with Gasteiger partial charge < -0.3 is 15.0 Å². The van der Waals surface area contributed by atoms with E-state index in [0.717, 1.165) is 6.42 Å². The van der Waals surface area contributed by atoms with Crippen LogP contribution in [0.2, 0.25) is 0 Å². The Labute approximate surface area is 156 Å². The van der Waals surface area contributed by atoms with Crippen molar-refractivity contribution in [2.45, 2.75) is 19.8 Å². The Bertz CT molecular complexity index is 782. The first kappa shape index (κ1) is 19.9. The van der Waals surface area contributed by atoms with Crippen molar-refractivity contribution in [3.63, 3.8) is 0 Å². The molecule has 1 aliphatic rings. The van der Waals surface area contributed by atoms with E-state index in [2.05, 4.69) is 5.32 Å². The maximum absolute atomic E-state index is 12.3. The molecule has 0 saturated carbocycles. The summed E-state index contributed by atoms with van der Waals surface area (Å²) in [6.45, 7) is 3.07. The third-order valence-electron chi connectivity index (χ3n) is 4.09. The van der Waals surface area contributed by atoms with Crippen LogP contribution in [0.15, 0.2) is 36.0 Å². The van der Waals surface area contributed by atoms with E-state index in [0.29, 0.717) is 31.8 Å². The number of benzene rings is 1. The number of carbonyl (C=O) groups excluding carboxylic acids is 2. The van der Waals surface area contributed by atoms with Gasteiger partial charge in [0, 0.05) is 37.1 Å². The summed E-state index contributed by atoms with van der Waals surface area (Å²) in [5.41, 5.74) is 0.134. The van der Waals surface area contributed by atoms with Crippen LogP contribution >= 0.6 is 0 Å². The molecule has 0 bridgehead atoms. The van der Waals surface area contributed by atoms with E-state index in [1.165, 1.54) is 30.5 Å². The summed E-state index contributed by atoms with van der Waals surface area (Å²) in [6, 6.07) is 7.16. The van der Waals surface area contributed by atoms with Crippen LogP contribution in [-0.4, -0.2) is 41.4 Å². The highest BCUT2D eigenvalue weighted by Crippen LogP contribution is 2.20. The molecule has 2 rings (SSSR count). The van der Waals surface area contributed by atoms with Crippen LogP contribution in [0.25, 0.3) is 0 Å². The SMILES string of the molecule is CCOC(=O)C1CCCN(/C=C(/C#N)C(=O)Nc2ccc([N+](=O)[O-])cc2)C1. The minimum absolute atomic E-state index is 0.0950. The van der Waals surface area contributed by atoms with Gasteiger partial charge >= 0.3 is 5.97 Å². The van der Waals surface area contributed by atoms with E-state index in [1.54, 1.807) is 11.8 Å². The smallest absolute Gasteiger partial charge is 0.310 e. The number of likely N-dealkylation sites (tertiary alicyclic amines) is 1. The molecule has 0 radical (unpaired) electrons. The zero-order valence-electron chi connectivity index (χ0n) is 14.9. The molecule has 27 heavy (non-hydrogen) atoms. The first-order chi connectivity index (χ1) is 12.9. The highest BCUT2D eigenvalue weighted by molar-refractivity contribution is 6.06. The number of hydrogen-bond donors (Lipinski definition) is 1. The maximum atomic E-state index is 12.3. The van der Waals surface area contributed by atoms with Crippen molar-refractivity contribution >= 4 is 23.3 Å². The van der Waals surface area contributed by atoms with E-state index in [9.17, 15) is 25.0 Å². The fraction of sp³-hybridized carbons (Fsp3) is 0.389. The maximum Gasteiger partial charge on any atom is 0.310 e. The Morgan fingerprint density at radius 1 is 1.44 bits per heavy atom. The zero-order valence-corrected chi connectivity index (χ0v) is 14.9. The van der Waals surface area contributed by atoms with Crippen molar-refractivity contribution < 1.29 is 19.2 Å². The third-order valence-corrected chi connectivity index (χ3v) is 4.09. The van der Waals surface area contributed by atoms with Gasteiger partial charge in [-0.1, -0.05) is 0 Å². The molecule has 9 nitrogen and oxygen atoms in total. The second-order valence-corrected chi connectivity index (χ2v) is 6.00. The summed E-state index contributed by atoms with van der Waals surface area (Å²) in [5.74, 6) is -1.18. The Hall–Kier alpha value is -3.41. The lowest BCUT2D eigenvalue weighted by atomic mass is 9.98. The van der Waals surface area contributed by atoms with Gasteiger partial charge in [0.15, 0.2) is 0 Å². The molecule has 1 aromatic rings. The van der Waals surface area contributed by atoms with Gasteiger partial charge in [-0.2, -0.15) is 5.26 Å². The van der Waals surface area contributed by atoms with Gasteiger partial charge in [0.25, 0.3) is 11.6 Å². The third kappa shape index (κ3) is 5.54. The average Bonchev–Trinajstić information content (AvgIpc) is 2.66. The summed E-state index contributed by atoms with van der Waals surface area (Å²) < 4.78 is 5.04. The number of nitro groups is 1. The molecule has 142 valence electrons. The number of hydrogen-bond acceptors (Lipinski definition) is 7. The molecule has 1 aliphatic heterocycles. The number of amides is 1. The predicted octanol–water partition coefficient (Wildman–Crippen LogP) is 2.22. The second-order valence-electron chi connectivity index (χ2n) is 6.00. The highest BCUT2D eigenvalue weighted by atomic mass is 16.6. The van der Waals surface area contributed by atoms with Gasteiger partial charge in [-0.3, -0.25) is 19.7 Å². The Morgan fingerprint density at radius 3 is 2.74 bits per heavy atom. The number of nitriles is 1. The van der Waals surface area contributed by atoms with Gasteiger partial charge in [-0.25, -0.2) is 0 Å². The summed E-state index contributed by atoms with van der Waals surface area (Å²) in [5, 5.41) is 22.5. The van der Waals surface area contributed by atoms with Crippen LogP contribution in [-0.2, 0) is 14.3 Å². The molecule has 0 aliphatic carbocycles. The molecule has 1 aromatic carbocycles. The number of esters is 1. The van der Waals surface area contributed by atoms with Crippen LogP contribution in [0.4, 0.5) is 11.4 Å². The number of carbonyl (C=O) groups is 2.